The molecule has 0 unspecified atom stereocenters. The van der Waals surface area contributed by atoms with Crippen molar-refractivity contribution in [1.29, 1.82) is 0 Å². The number of allylic oxidation sites excluding steroid dienone is 3. The van der Waals surface area contributed by atoms with Crippen molar-refractivity contribution in [2.24, 2.45) is 0 Å². The van der Waals surface area contributed by atoms with Gasteiger partial charge in [0.25, 0.3) is 0 Å². The predicted molar refractivity (Wildman–Crippen MR) is 70.9 cm³/mol. The van der Waals surface area contributed by atoms with Crippen molar-refractivity contribution in [2.75, 3.05) is 0 Å². The van der Waals surface area contributed by atoms with E-state index in [0.29, 0.717) is 0 Å². The van der Waals surface area contributed by atoms with E-state index in [9.17, 15) is 0 Å². The van der Waals surface area contributed by atoms with Crippen molar-refractivity contribution in [2.45, 2.75) is 64.2 Å². The molecule has 0 atom stereocenters. The van der Waals surface area contributed by atoms with E-state index in [0.717, 1.165) is 12.8 Å². The minimum Gasteiger partial charge on any atom is -0.103 e. The van der Waals surface area contributed by atoms with Crippen LogP contribution < -0.4 is 0 Å². The number of rotatable bonds is 11. The zero-order valence-corrected chi connectivity index (χ0v) is 10.2. The van der Waals surface area contributed by atoms with Crippen molar-refractivity contribution in [1.82, 2.24) is 0 Å². The van der Waals surface area contributed by atoms with Gasteiger partial charge in [-0.3, -0.25) is 0 Å². The van der Waals surface area contributed by atoms with Crippen LogP contribution in [0.25, 0.3) is 0 Å². The lowest BCUT2D eigenvalue weighted by Crippen LogP contribution is -1.79. The highest BCUT2D eigenvalue weighted by atomic mass is 14.0. The Bertz CT molecular complexity index is 144. The maximum absolute atomic E-state index is 3.85. The van der Waals surface area contributed by atoms with Crippen LogP contribution in [0.15, 0.2) is 24.8 Å². The number of hydrogen-bond acceptors (Lipinski definition) is 0. The fourth-order valence-electron chi connectivity index (χ4n) is 1.63. The van der Waals surface area contributed by atoms with Gasteiger partial charge >= 0.3 is 0 Å². The molecule has 0 aliphatic carbocycles. The highest BCUT2D eigenvalue weighted by molar-refractivity contribution is 4.87. The molecule has 0 heterocycles. The lowest BCUT2D eigenvalue weighted by molar-refractivity contribution is 0.583. The van der Waals surface area contributed by atoms with E-state index < -0.39 is 0 Å². The maximum Gasteiger partial charge on any atom is -0.0172 e. The SMILES string of the molecule is [CH2]CCCCCCCCCC=CCC=C. The van der Waals surface area contributed by atoms with E-state index in [4.69, 9.17) is 0 Å². The Labute approximate surface area is 96.5 Å². The van der Waals surface area contributed by atoms with Gasteiger partial charge in [-0.05, 0) is 19.3 Å². The molecule has 0 nitrogen and oxygen atoms in total. The molecule has 0 aromatic heterocycles. The van der Waals surface area contributed by atoms with Gasteiger partial charge in [0.05, 0.1) is 0 Å². The van der Waals surface area contributed by atoms with E-state index in [1.807, 2.05) is 6.08 Å². The summed E-state index contributed by atoms with van der Waals surface area (Å²) in [4.78, 5) is 0. The first-order valence-corrected chi connectivity index (χ1v) is 6.47. The highest BCUT2D eigenvalue weighted by Gasteiger charge is 1.89. The predicted octanol–water partition coefficient (Wildman–Crippen LogP) is 5.46. The van der Waals surface area contributed by atoms with E-state index in [1.165, 1.54) is 51.4 Å². The minimum absolute atomic E-state index is 1.02. The van der Waals surface area contributed by atoms with Crippen LogP contribution in [0.3, 0.4) is 0 Å². The molecule has 0 spiro atoms. The molecule has 0 aromatic carbocycles. The summed E-state index contributed by atoms with van der Waals surface area (Å²) < 4.78 is 0. The molecule has 0 aliphatic rings. The summed E-state index contributed by atoms with van der Waals surface area (Å²) in [6, 6.07) is 0. The largest absolute Gasteiger partial charge is 0.103 e. The van der Waals surface area contributed by atoms with E-state index in [-0.39, 0.29) is 0 Å². The van der Waals surface area contributed by atoms with Crippen molar-refractivity contribution in [3.05, 3.63) is 31.7 Å². The second-order valence-corrected chi connectivity index (χ2v) is 4.11. The van der Waals surface area contributed by atoms with E-state index in [1.54, 1.807) is 0 Å². The van der Waals surface area contributed by atoms with Gasteiger partial charge in [-0.1, -0.05) is 70.1 Å². The molecule has 1 radical (unpaired) electrons. The smallest absolute Gasteiger partial charge is 0.0172 e. The monoisotopic (exact) mass is 207 g/mol. The van der Waals surface area contributed by atoms with E-state index in [2.05, 4.69) is 25.7 Å². The molecule has 15 heavy (non-hydrogen) atoms. The van der Waals surface area contributed by atoms with Gasteiger partial charge in [0.1, 0.15) is 0 Å². The molecule has 0 fully saturated rings. The zero-order chi connectivity index (χ0) is 11.2. The molecule has 0 rings (SSSR count). The second kappa shape index (κ2) is 13.5. The lowest BCUT2D eigenvalue weighted by atomic mass is 10.1. The van der Waals surface area contributed by atoms with Crippen molar-refractivity contribution in [3.63, 3.8) is 0 Å². The fraction of sp³-hybridized carbons (Fsp3) is 0.667. The van der Waals surface area contributed by atoms with Gasteiger partial charge in [-0.15, -0.1) is 6.58 Å². The second-order valence-electron chi connectivity index (χ2n) is 4.11. The summed E-state index contributed by atoms with van der Waals surface area (Å²) in [6.07, 6.45) is 19.5. The molecule has 87 valence electrons. The normalized spacial score (nSPS) is 11.0. The van der Waals surface area contributed by atoms with Crippen LogP contribution in [0.1, 0.15) is 64.2 Å². The van der Waals surface area contributed by atoms with Crippen LogP contribution in [0.5, 0.6) is 0 Å². The van der Waals surface area contributed by atoms with Gasteiger partial charge in [0.2, 0.25) is 0 Å². The van der Waals surface area contributed by atoms with Crippen LogP contribution in [-0.4, -0.2) is 0 Å². The van der Waals surface area contributed by atoms with Crippen molar-refractivity contribution >= 4 is 0 Å². The summed E-state index contributed by atoms with van der Waals surface area (Å²) in [6.45, 7) is 7.54. The Hall–Kier alpha value is -0.520. The first-order valence-electron chi connectivity index (χ1n) is 6.47. The van der Waals surface area contributed by atoms with Crippen LogP contribution in [0.4, 0.5) is 0 Å². The molecule has 0 heteroatoms. The molecular formula is C15H27. The molecule has 0 bridgehead atoms. The zero-order valence-electron chi connectivity index (χ0n) is 10.2. The van der Waals surface area contributed by atoms with Crippen molar-refractivity contribution < 1.29 is 0 Å². The number of unbranched alkanes of at least 4 members (excludes halogenated alkanes) is 8. The standard InChI is InChI=1S/C15H27/c1-3-5-7-9-11-13-15-14-12-10-8-6-4-2/h3,7,9H,1-2,4-6,8,10-15H2. The minimum atomic E-state index is 1.02. The number of hydrogen-bond donors (Lipinski definition) is 0. The summed E-state index contributed by atoms with van der Waals surface area (Å²) in [7, 11) is 0. The first-order chi connectivity index (χ1) is 7.41. The average molecular weight is 207 g/mol. The lowest BCUT2D eigenvalue weighted by Gasteiger charge is -1.99. The van der Waals surface area contributed by atoms with Crippen LogP contribution >= 0.6 is 0 Å². The first kappa shape index (κ1) is 14.5. The third-order valence-electron chi connectivity index (χ3n) is 2.59. The van der Waals surface area contributed by atoms with Gasteiger partial charge in [0.15, 0.2) is 0 Å². The Morgan fingerprint density at radius 2 is 1.33 bits per heavy atom. The maximum atomic E-state index is 3.85. The topological polar surface area (TPSA) is 0 Å². The molecule has 0 N–H and O–H groups in total. The Balaban J connectivity index is 2.95. The molecule has 0 saturated carbocycles. The Morgan fingerprint density at radius 1 is 0.733 bits per heavy atom. The Morgan fingerprint density at radius 3 is 1.93 bits per heavy atom. The van der Waals surface area contributed by atoms with Gasteiger partial charge in [-0.2, -0.15) is 0 Å². The van der Waals surface area contributed by atoms with Crippen LogP contribution in [0, 0.1) is 6.92 Å². The van der Waals surface area contributed by atoms with Gasteiger partial charge < -0.3 is 0 Å². The quantitative estimate of drug-likeness (QED) is 0.311. The molecule has 0 aliphatic heterocycles. The fourth-order valence-corrected chi connectivity index (χ4v) is 1.63. The molecule has 0 aromatic rings. The van der Waals surface area contributed by atoms with Crippen LogP contribution in [0.2, 0.25) is 0 Å². The Kier molecular flexibility index (Phi) is 13.0. The molecule has 0 amide bonds. The van der Waals surface area contributed by atoms with Crippen molar-refractivity contribution in [3.8, 4) is 0 Å². The summed E-state index contributed by atoms with van der Waals surface area (Å²) in [5, 5.41) is 0. The summed E-state index contributed by atoms with van der Waals surface area (Å²) in [5.41, 5.74) is 0. The average Bonchev–Trinajstić information content (AvgIpc) is 2.26. The van der Waals surface area contributed by atoms with Gasteiger partial charge in [0, 0.05) is 0 Å². The third kappa shape index (κ3) is 13.5. The van der Waals surface area contributed by atoms with Gasteiger partial charge in [-0.25, -0.2) is 0 Å². The summed E-state index contributed by atoms with van der Waals surface area (Å²) >= 11 is 0. The molecular weight excluding hydrogens is 180 g/mol. The highest BCUT2D eigenvalue weighted by Crippen LogP contribution is 2.09. The van der Waals surface area contributed by atoms with Crippen LogP contribution in [-0.2, 0) is 0 Å². The summed E-state index contributed by atoms with van der Waals surface area (Å²) in [5.74, 6) is 0. The van der Waals surface area contributed by atoms with E-state index >= 15 is 0 Å². The third-order valence-corrected chi connectivity index (χ3v) is 2.59. The molecule has 0 saturated heterocycles.